The fourth-order valence-corrected chi connectivity index (χ4v) is 4.44. The summed E-state index contributed by atoms with van der Waals surface area (Å²) in [4.78, 5) is 28.0. The predicted molar refractivity (Wildman–Crippen MR) is 122 cm³/mol. The van der Waals surface area contributed by atoms with Crippen LogP contribution in [0.1, 0.15) is 27.4 Å². The van der Waals surface area contributed by atoms with Gasteiger partial charge in [-0.05, 0) is 23.3 Å². The van der Waals surface area contributed by atoms with Gasteiger partial charge in [0.05, 0.1) is 12.7 Å². The maximum Gasteiger partial charge on any atom is 0.341 e. The number of halogens is 1. The van der Waals surface area contributed by atoms with Crippen LogP contribution in [0.5, 0.6) is 0 Å². The number of para-hydroxylation sites is 1. The molecule has 32 heavy (non-hydrogen) atoms. The average Bonchev–Trinajstić information content (AvgIpc) is 3.41. The fourth-order valence-electron chi connectivity index (χ4n) is 4.17. The summed E-state index contributed by atoms with van der Waals surface area (Å²) in [7, 11) is 1.30. The Kier molecular flexibility index (Phi) is 5.03. The van der Waals surface area contributed by atoms with E-state index in [0.717, 1.165) is 22.0 Å². The monoisotopic (exact) mass is 446 g/mol. The van der Waals surface area contributed by atoms with Crippen LogP contribution >= 0.6 is 11.6 Å². The Morgan fingerprint density at radius 2 is 1.91 bits per heavy atom. The van der Waals surface area contributed by atoms with Gasteiger partial charge in [0.2, 0.25) is 0 Å². The van der Waals surface area contributed by atoms with Crippen molar-refractivity contribution in [3.8, 4) is 11.3 Å². The summed E-state index contributed by atoms with van der Waals surface area (Å²) >= 11 is 6.60. The fraction of sp³-hybridized carbons (Fsp3) is 0.125. The first-order chi connectivity index (χ1) is 15.6. The first-order valence-corrected chi connectivity index (χ1v) is 10.4. The molecule has 3 heterocycles. The predicted octanol–water partition coefficient (Wildman–Crippen LogP) is 4.43. The highest BCUT2D eigenvalue weighted by atomic mass is 35.5. The highest BCUT2D eigenvalue weighted by Gasteiger charge is 2.25. The molecule has 2 aromatic carbocycles. The third kappa shape index (κ3) is 3.36. The highest BCUT2D eigenvalue weighted by molar-refractivity contribution is 6.31. The van der Waals surface area contributed by atoms with Crippen molar-refractivity contribution in [2.45, 2.75) is 12.5 Å². The van der Waals surface area contributed by atoms with E-state index in [9.17, 15) is 9.59 Å². The molecule has 1 atom stereocenters. The molecule has 0 bridgehead atoms. The van der Waals surface area contributed by atoms with Gasteiger partial charge in [-0.25, -0.2) is 9.89 Å². The lowest BCUT2D eigenvalue weighted by Crippen LogP contribution is -2.16. The molecule has 0 radical (unpaired) electrons. The van der Waals surface area contributed by atoms with E-state index in [2.05, 4.69) is 21.2 Å². The largest absolute Gasteiger partial charge is 0.465 e. The van der Waals surface area contributed by atoms with E-state index in [-0.39, 0.29) is 17.0 Å². The highest BCUT2D eigenvalue weighted by Crippen LogP contribution is 2.36. The number of esters is 1. The number of aromatic amines is 2. The zero-order chi connectivity index (χ0) is 22.2. The molecule has 5 rings (SSSR count). The van der Waals surface area contributed by atoms with Gasteiger partial charge in [0.1, 0.15) is 11.3 Å². The van der Waals surface area contributed by atoms with Crippen LogP contribution in [0.25, 0.3) is 22.2 Å². The average molecular weight is 447 g/mol. The van der Waals surface area contributed by atoms with Crippen LogP contribution in [-0.4, -0.2) is 32.8 Å². The number of nitrogens with zero attached hydrogens (tertiary/aromatic N) is 2. The Labute approximate surface area is 187 Å². The summed E-state index contributed by atoms with van der Waals surface area (Å²) in [5.41, 5.74) is 3.51. The minimum Gasteiger partial charge on any atom is -0.465 e. The van der Waals surface area contributed by atoms with E-state index in [1.54, 1.807) is 12.4 Å². The molecular weight excluding hydrogens is 428 g/mol. The molecule has 0 saturated carbocycles. The second-order valence-electron chi connectivity index (χ2n) is 7.54. The summed E-state index contributed by atoms with van der Waals surface area (Å²) in [5, 5.41) is 8.14. The molecule has 0 aliphatic carbocycles. The number of rotatable bonds is 5. The van der Waals surface area contributed by atoms with Crippen LogP contribution in [0.2, 0.25) is 5.02 Å². The molecule has 160 valence electrons. The topological polar surface area (TPSA) is 92.8 Å². The van der Waals surface area contributed by atoms with Crippen LogP contribution in [0.4, 0.5) is 0 Å². The Morgan fingerprint density at radius 1 is 1.12 bits per heavy atom. The van der Waals surface area contributed by atoms with Crippen LogP contribution in [-0.2, 0) is 11.3 Å². The molecular formula is C24H19ClN4O3. The number of carbonyl (C=O) groups excluding carboxylic acids is 1. The van der Waals surface area contributed by atoms with Crippen LogP contribution < -0.4 is 5.56 Å². The van der Waals surface area contributed by atoms with Crippen molar-refractivity contribution in [1.82, 2.24) is 19.7 Å². The number of ether oxygens (including phenoxy) is 1. The first kappa shape index (κ1) is 20.1. The van der Waals surface area contributed by atoms with Gasteiger partial charge in [-0.2, -0.15) is 5.10 Å². The normalized spacial score (nSPS) is 12.3. The minimum absolute atomic E-state index is 0.144. The standard InChI is InChI=1S/C24H19ClN4O3/c1-32-24(31)19-13-29(12-18-22(19)27-28-23(18)30)11-17(14-6-2-4-8-20(14)25)16-10-26-21-9-5-3-7-15(16)21/h2-10,12-13,17,26H,11H2,1H3,(H,28,30)/t17-/m0/s1. The molecule has 8 heteroatoms. The van der Waals surface area contributed by atoms with Crippen LogP contribution in [0.15, 0.2) is 71.9 Å². The molecule has 2 N–H and O–H groups in total. The number of hydrogen-bond acceptors (Lipinski definition) is 4. The summed E-state index contributed by atoms with van der Waals surface area (Å²) < 4.78 is 6.73. The Bertz CT molecular complexity index is 1470. The lowest BCUT2D eigenvalue weighted by molar-refractivity contribution is 0.0600. The van der Waals surface area contributed by atoms with E-state index in [1.807, 2.05) is 53.2 Å². The van der Waals surface area contributed by atoms with Crippen LogP contribution in [0.3, 0.4) is 0 Å². The van der Waals surface area contributed by atoms with E-state index < -0.39 is 5.97 Å². The maximum absolute atomic E-state index is 12.4. The molecule has 1 aromatic heterocycles. The molecule has 0 saturated heterocycles. The van der Waals surface area contributed by atoms with Crippen molar-refractivity contribution in [2.75, 3.05) is 7.11 Å². The number of nitrogens with one attached hydrogen (secondary N) is 2. The second-order valence-corrected chi connectivity index (χ2v) is 7.95. The Morgan fingerprint density at radius 3 is 2.72 bits per heavy atom. The number of hydrogen-bond donors (Lipinski definition) is 2. The number of pyridine rings is 1. The first-order valence-electron chi connectivity index (χ1n) is 10.0. The van der Waals surface area contributed by atoms with Crippen LogP contribution in [0, 0.1) is 0 Å². The van der Waals surface area contributed by atoms with Gasteiger partial charge in [-0.3, -0.25) is 4.79 Å². The SMILES string of the molecule is COC(=O)c1cn(C[C@@H](c2ccccc2Cl)c2c[nH]c3ccccc23)cc2c(=O)[nH]nc1-2. The molecule has 0 spiro atoms. The number of carbonyl (C=O) groups is 1. The summed E-state index contributed by atoms with van der Waals surface area (Å²) in [6, 6.07) is 15.7. The van der Waals surface area contributed by atoms with Crippen molar-refractivity contribution in [3.63, 3.8) is 0 Å². The van der Waals surface area contributed by atoms with Crippen molar-refractivity contribution in [1.29, 1.82) is 0 Å². The van der Waals surface area contributed by atoms with Crippen molar-refractivity contribution in [3.05, 3.63) is 99.2 Å². The third-order valence-corrected chi connectivity index (χ3v) is 6.03. The zero-order valence-corrected chi connectivity index (χ0v) is 17.9. The molecule has 2 aliphatic heterocycles. The van der Waals surface area contributed by atoms with Crippen molar-refractivity contribution < 1.29 is 9.53 Å². The van der Waals surface area contributed by atoms with Gasteiger partial charge in [-0.1, -0.05) is 48.0 Å². The Balaban J connectivity index is 1.69. The zero-order valence-electron chi connectivity index (χ0n) is 17.1. The van der Waals surface area contributed by atoms with E-state index in [1.165, 1.54) is 7.11 Å². The summed E-state index contributed by atoms with van der Waals surface area (Å²) in [6.07, 6.45) is 5.34. The quantitative estimate of drug-likeness (QED) is 0.390. The molecule has 0 unspecified atom stereocenters. The molecule has 0 amide bonds. The van der Waals surface area contributed by atoms with Crippen molar-refractivity contribution >= 4 is 28.5 Å². The third-order valence-electron chi connectivity index (χ3n) is 5.69. The molecule has 0 fully saturated rings. The lowest BCUT2D eigenvalue weighted by Gasteiger charge is -2.21. The molecule has 3 aromatic rings. The maximum atomic E-state index is 12.4. The van der Waals surface area contributed by atoms with E-state index >= 15 is 0 Å². The van der Waals surface area contributed by atoms with Gasteiger partial charge in [-0.15, -0.1) is 0 Å². The summed E-state index contributed by atoms with van der Waals surface area (Å²) in [6.45, 7) is 0.441. The lowest BCUT2D eigenvalue weighted by atomic mass is 9.90. The number of benzene rings is 2. The number of aromatic nitrogens is 4. The Hall–Kier alpha value is -3.84. The van der Waals surface area contributed by atoms with Crippen molar-refractivity contribution in [2.24, 2.45) is 0 Å². The molecule has 7 nitrogen and oxygen atoms in total. The van der Waals surface area contributed by atoms with Gasteiger partial charge in [0.25, 0.3) is 5.56 Å². The number of methoxy groups -OCH3 is 1. The van der Waals surface area contributed by atoms with Gasteiger partial charge in [0.15, 0.2) is 0 Å². The number of fused-ring (bicyclic) bond motifs is 2. The summed E-state index contributed by atoms with van der Waals surface area (Å²) in [5.74, 6) is -0.702. The van der Waals surface area contributed by atoms with Gasteiger partial charge < -0.3 is 14.3 Å². The van der Waals surface area contributed by atoms with E-state index in [0.29, 0.717) is 22.8 Å². The number of H-pyrrole nitrogens is 2. The van der Waals surface area contributed by atoms with E-state index in [4.69, 9.17) is 16.3 Å². The van der Waals surface area contributed by atoms with Gasteiger partial charge in [0, 0.05) is 47.0 Å². The second kappa shape index (κ2) is 8.01. The smallest absolute Gasteiger partial charge is 0.341 e. The molecule has 2 aliphatic rings. The van der Waals surface area contributed by atoms with Gasteiger partial charge >= 0.3 is 5.97 Å². The minimum atomic E-state index is -0.558.